The lowest BCUT2D eigenvalue weighted by Gasteiger charge is -2.25. The van der Waals surface area contributed by atoms with E-state index in [2.05, 4.69) is 16.0 Å². The van der Waals surface area contributed by atoms with Gasteiger partial charge in [0.15, 0.2) is 0 Å². The molecule has 2 heterocycles. The normalized spacial score (nSPS) is 16.2. The third-order valence-corrected chi connectivity index (χ3v) is 6.61. The molecule has 0 saturated heterocycles. The van der Waals surface area contributed by atoms with Crippen molar-refractivity contribution in [2.24, 2.45) is 0 Å². The number of ether oxygens (including phenoxy) is 1. The highest BCUT2D eigenvalue weighted by Gasteiger charge is 2.29. The molecule has 1 unspecified atom stereocenters. The number of unbranched alkanes of at least 4 members (excludes halogenated alkanes) is 1. The number of thiophene rings is 1. The summed E-state index contributed by atoms with van der Waals surface area (Å²) in [6.07, 6.45) is 1.86. The Labute approximate surface area is 179 Å². The first kappa shape index (κ1) is 23.0. The summed E-state index contributed by atoms with van der Waals surface area (Å²) in [7, 11) is 1.30. The van der Waals surface area contributed by atoms with Gasteiger partial charge >= 0.3 is 12.0 Å². The molecule has 0 saturated carbocycles. The number of thioether (sulfide) groups is 1. The third kappa shape index (κ3) is 5.63. The summed E-state index contributed by atoms with van der Waals surface area (Å²) < 4.78 is 4.81. The summed E-state index contributed by atoms with van der Waals surface area (Å²) in [5.41, 5.74) is 2.98. The van der Waals surface area contributed by atoms with Crippen molar-refractivity contribution in [1.29, 1.82) is 0 Å². The molecule has 1 aromatic rings. The Morgan fingerprint density at radius 1 is 1.21 bits per heavy atom. The van der Waals surface area contributed by atoms with Crippen LogP contribution in [0.3, 0.4) is 0 Å². The molecule has 1 atom stereocenters. The SMILES string of the molecule is CCCCNC(=O)NC1=C(C(=O)Nc2c(C)csc2C(=O)OC)C(C)SC=C1C. The summed E-state index contributed by atoms with van der Waals surface area (Å²) in [4.78, 5) is 37.8. The van der Waals surface area contributed by atoms with E-state index < -0.39 is 5.97 Å². The van der Waals surface area contributed by atoms with Gasteiger partial charge in [-0.05, 0) is 49.1 Å². The number of esters is 1. The highest BCUT2D eigenvalue weighted by molar-refractivity contribution is 8.03. The minimum atomic E-state index is -0.497. The predicted octanol–water partition coefficient (Wildman–Crippen LogP) is 4.17. The van der Waals surface area contributed by atoms with E-state index in [4.69, 9.17) is 4.74 Å². The molecule has 1 aromatic heterocycles. The van der Waals surface area contributed by atoms with Gasteiger partial charge in [-0.2, -0.15) is 0 Å². The zero-order chi connectivity index (χ0) is 21.6. The summed E-state index contributed by atoms with van der Waals surface area (Å²) >= 11 is 2.73. The molecule has 1 aliphatic rings. The van der Waals surface area contributed by atoms with Crippen LogP contribution in [0, 0.1) is 6.92 Å². The number of hydrogen-bond donors (Lipinski definition) is 3. The number of anilines is 1. The average molecular weight is 438 g/mol. The Kier molecular flexibility index (Phi) is 8.33. The first-order valence-corrected chi connectivity index (χ1v) is 11.2. The number of aryl methyl sites for hydroxylation is 1. The van der Waals surface area contributed by atoms with Gasteiger partial charge in [-0.15, -0.1) is 23.1 Å². The molecule has 2 rings (SSSR count). The van der Waals surface area contributed by atoms with Crippen LogP contribution in [-0.4, -0.2) is 36.8 Å². The smallest absolute Gasteiger partial charge is 0.350 e. The van der Waals surface area contributed by atoms with Crippen LogP contribution in [0.15, 0.2) is 27.6 Å². The Bertz CT molecular complexity index is 858. The molecule has 3 N–H and O–H groups in total. The number of nitrogens with one attached hydrogen (secondary N) is 3. The number of allylic oxidation sites excluding steroid dienone is 1. The van der Waals surface area contributed by atoms with Gasteiger partial charge in [-0.3, -0.25) is 4.79 Å². The van der Waals surface area contributed by atoms with E-state index in [9.17, 15) is 14.4 Å². The van der Waals surface area contributed by atoms with Crippen LogP contribution < -0.4 is 16.0 Å². The first-order valence-electron chi connectivity index (χ1n) is 9.39. The van der Waals surface area contributed by atoms with Gasteiger partial charge in [0.25, 0.3) is 5.91 Å². The Hall–Kier alpha value is -2.26. The molecular formula is C20H27N3O4S2. The molecule has 0 fully saturated rings. The number of carbonyl (C=O) groups excluding carboxylic acids is 3. The molecule has 0 bridgehead atoms. The van der Waals surface area contributed by atoms with Crippen molar-refractivity contribution in [3.05, 3.63) is 38.1 Å². The number of methoxy groups -OCH3 is 1. The van der Waals surface area contributed by atoms with Gasteiger partial charge in [-0.25, -0.2) is 9.59 Å². The zero-order valence-electron chi connectivity index (χ0n) is 17.3. The van der Waals surface area contributed by atoms with E-state index in [1.165, 1.54) is 30.2 Å². The van der Waals surface area contributed by atoms with Gasteiger partial charge in [0.1, 0.15) is 4.88 Å². The first-order chi connectivity index (χ1) is 13.8. The van der Waals surface area contributed by atoms with Gasteiger partial charge in [0.05, 0.1) is 24.1 Å². The molecule has 1 aliphatic heterocycles. The van der Waals surface area contributed by atoms with Crippen LogP contribution in [0.1, 0.15) is 48.8 Å². The van der Waals surface area contributed by atoms with Crippen molar-refractivity contribution in [2.45, 2.75) is 45.8 Å². The van der Waals surface area contributed by atoms with Crippen LogP contribution in [0.5, 0.6) is 0 Å². The van der Waals surface area contributed by atoms with E-state index in [1.54, 1.807) is 5.38 Å². The van der Waals surface area contributed by atoms with Crippen molar-refractivity contribution in [2.75, 3.05) is 19.0 Å². The van der Waals surface area contributed by atoms with Crippen molar-refractivity contribution in [3.8, 4) is 0 Å². The van der Waals surface area contributed by atoms with Crippen LogP contribution in [0.4, 0.5) is 10.5 Å². The summed E-state index contributed by atoms with van der Waals surface area (Å²) in [5, 5.41) is 12.0. The fraction of sp³-hybridized carbons (Fsp3) is 0.450. The van der Waals surface area contributed by atoms with Crippen molar-refractivity contribution in [3.63, 3.8) is 0 Å². The van der Waals surface area contributed by atoms with Gasteiger partial charge < -0.3 is 20.7 Å². The van der Waals surface area contributed by atoms with E-state index in [0.717, 1.165) is 24.0 Å². The van der Waals surface area contributed by atoms with Crippen molar-refractivity contribution < 1.29 is 19.1 Å². The molecule has 29 heavy (non-hydrogen) atoms. The fourth-order valence-corrected chi connectivity index (χ4v) is 4.58. The summed E-state index contributed by atoms with van der Waals surface area (Å²) in [5.74, 6) is -0.851. The van der Waals surface area contributed by atoms with E-state index >= 15 is 0 Å². The second-order valence-corrected chi connectivity index (χ2v) is 8.77. The number of carbonyl (C=O) groups is 3. The lowest BCUT2D eigenvalue weighted by molar-refractivity contribution is -0.113. The monoisotopic (exact) mass is 437 g/mol. The van der Waals surface area contributed by atoms with E-state index in [0.29, 0.717) is 28.4 Å². The van der Waals surface area contributed by atoms with Crippen LogP contribution in [0.25, 0.3) is 0 Å². The largest absolute Gasteiger partial charge is 0.465 e. The predicted molar refractivity (Wildman–Crippen MR) is 118 cm³/mol. The van der Waals surface area contributed by atoms with E-state index in [1.807, 2.05) is 33.1 Å². The molecule has 0 aromatic carbocycles. The molecule has 0 radical (unpaired) electrons. The van der Waals surface area contributed by atoms with Crippen LogP contribution in [-0.2, 0) is 9.53 Å². The molecule has 9 heteroatoms. The second-order valence-electron chi connectivity index (χ2n) is 6.67. The van der Waals surface area contributed by atoms with Crippen molar-refractivity contribution >= 4 is 46.7 Å². The quantitative estimate of drug-likeness (QED) is 0.439. The molecule has 3 amide bonds. The molecule has 7 nitrogen and oxygen atoms in total. The highest BCUT2D eigenvalue weighted by Crippen LogP contribution is 2.34. The molecule has 0 spiro atoms. The highest BCUT2D eigenvalue weighted by atomic mass is 32.2. The maximum Gasteiger partial charge on any atom is 0.350 e. The lowest BCUT2D eigenvalue weighted by Crippen LogP contribution is -2.39. The van der Waals surface area contributed by atoms with Gasteiger partial charge in [0, 0.05) is 11.8 Å². The minimum Gasteiger partial charge on any atom is -0.465 e. The summed E-state index contributed by atoms with van der Waals surface area (Å²) in [6.45, 7) is 8.19. The van der Waals surface area contributed by atoms with Crippen LogP contribution in [0.2, 0.25) is 0 Å². The van der Waals surface area contributed by atoms with Gasteiger partial charge in [-0.1, -0.05) is 13.3 Å². The number of urea groups is 1. The Morgan fingerprint density at radius 3 is 2.59 bits per heavy atom. The van der Waals surface area contributed by atoms with Crippen molar-refractivity contribution in [1.82, 2.24) is 10.6 Å². The molecule has 158 valence electrons. The van der Waals surface area contributed by atoms with Gasteiger partial charge in [0.2, 0.25) is 0 Å². The standard InChI is InChI=1S/C20H27N3O4S2/c1-6-7-8-21-20(26)23-15-11(2)9-28-13(4)14(15)18(24)22-16-12(3)10-29-17(16)19(25)27-5/h9-10,13H,6-8H2,1-5H3,(H,22,24)(H2,21,23,26). The number of hydrogen-bond acceptors (Lipinski definition) is 6. The van der Waals surface area contributed by atoms with E-state index in [-0.39, 0.29) is 17.2 Å². The van der Waals surface area contributed by atoms with Crippen LogP contribution >= 0.6 is 23.1 Å². The molecule has 0 aliphatic carbocycles. The summed E-state index contributed by atoms with van der Waals surface area (Å²) in [6, 6.07) is -0.340. The minimum absolute atomic E-state index is 0.162. The number of amides is 3. The average Bonchev–Trinajstić information content (AvgIpc) is 3.04. The topological polar surface area (TPSA) is 96.5 Å². The Morgan fingerprint density at radius 2 is 1.93 bits per heavy atom. The zero-order valence-corrected chi connectivity index (χ0v) is 18.9. The number of rotatable bonds is 7. The maximum absolute atomic E-state index is 13.2. The third-order valence-electron chi connectivity index (χ3n) is 4.40. The maximum atomic E-state index is 13.2. The Balaban J connectivity index is 2.31. The fourth-order valence-electron chi connectivity index (χ4n) is 2.77. The lowest BCUT2D eigenvalue weighted by atomic mass is 10.0. The molecular weight excluding hydrogens is 410 g/mol. The second kappa shape index (κ2) is 10.5.